The average molecular weight is 576 g/mol. The molecule has 0 aliphatic rings. The van der Waals surface area contributed by atoms with Crippen LogP contribution in [0.5, 0.6) is 23.0 Å². The molecule has 1 amide bonds. The summed E-state index contributed by atoms with van der Waals surface area (Å²) in [5, 5.41) is 9.25. The quantitative estimate of drug-likeness (QED) is 0.172. The van der Waals surface area contributed by atoms with Crippen molar-refractivity contribution in [1.82, 2.24) is 9.97 Å². The Bertz CT molecular complexity index is 1610. The summed E-state index contributed by atoms with van der Waals surface area (Å²) in [7, 11) is 4.67. The van der Waals surface area contributed by atoms with Gasteiger partial charge in [0.2, 0.25) is 5.75 Å². The van der Waals surface area contributed by atoms with Crippen molar-refractivity contribution in [2.24, 2.45) is 0 Å². The van der Waals surface area contributed by atoms with Crippen molar-refractivity contribution in [3.63, 3.8) is 0 Å². The predicted octanol–water partition coefficient (Wildman–Crippen LogP) is 6.90. The van der Waals surface area contributed by atoms with Gasteiger partial charge in [-0.15, -0.1) is 11.3 Å². The number of ether oxygens (including phenoxy) is 4. The number of anilines is 4. The van der Waals surface area contributed by atoms with Crippen molar-refractivity contribution in [2.45, 2.75) is 0 Å². The van der Waals surface area contributed by atoms with Gasteiger partial charge in [0.25, 0.3) is 0 Å². The Kier molecular flexibility index (Phi) is 7.99. The fourth-order valence-corrected chi connectivity index (χ4v) is 5.65. The Morgan fingerprint density at radius 1 is 0.875 bits per heavy atom. The molecule has 0 atom stereocenters. The molecule has 5 aromatic rings. The van der Waals surface area contributed by atoms with Gasteiger partial charge in [0, 0.05) is 34.5 Å². The average Bonchev–Trinajstić information content (AvgIpc) is 3.59. The number of methoxy groups -OCH3 is 3. The monoisotopic (exact) mass is 575 g/mol. The van der Waals surface area contributed by atoms with E-state index in [9.17, 15) is 4.79 Å². The number of nitrogens with two attached hydrogens (primary N) is 1. The number of amides is 1. The number of nitrogens with zero attached hydrogens (tertiary/aromatic N) is 2. The van der Waals surface area contributed by atoms with Crippen molar-refractivity contribution in [3.8, 4) is 44.1 Å². The third kappa shape index (κ3) is 5.92. The molecule has 0 unspecified atom stereocenters. The number of carbonyl (C=O) groups is 1. The minimum Gasteiger partial charge on any atom is -0.493 e. The third-order valence-corrected chi connectivity index (χ3v) is 7.61. The van der Waals surface area contributed by atoms with Crippen molar-refractivity contribution in [3.05, 3.63) is 72.1 Å². The molecule has 10 nitrogen and oxygen atoms in total. The molecular formula is C28H25N5O5S2. The summed E-state index contributed by atoms with van der Waals surface area (Å²) in [5.41, 5.74) is 9.13. The van der Waals surface area contributed by atoms with Gasteiger partial charge in [-0.3, -0.25) is 5.32 Å². The molecule has 40 heavy (non-hydrogen) atoms. The molecule has 0 saturated carbocycles. The van der Waals surface area contributed by atoms with E-state index in [2.05, 4.69) is 15.6 Å². The highest BCUT2D eigenvalue weighted by Gasteiger charge is 2.18. The molecule has 0 spiro atoms. The van der Waals surface area contributed by atoms with Gasteiger partial charge in [-0.1, -0.05) is 41.7 Å². The van der Waals surface area contributed by atoms with E-state index in [0.29, 0.717) is 45.3 Å². The van der Waals surface area contributed by atoms with Gasteiger partial charge in [-0.2, -0.15) is 0 Å². The molecule has 2 heterocycles. The molecule has 12 heteroatoms. The molecule has 0 saturated heterocycles. The fourth-order valence-electron chi connectivity index (χ4n) is 3.82. The van der Waals surface area contributed by atoms with Crippen LogP contribution in [0.3, 0.4) is 0 Å². The van der Waals surface area contributed by atoms with Gasteiger partial charge in [-0.05, 0) is 24.3 Å². The van der Waals surface area contributed by atoms with Crippen LogP contribution in [0.2, 0.25) is 0 Å². The van der Waals surface area contributed by atoms with Crippen LogP contribution in [-0.2, 0) is 0 Å². The molecule has 0 radical (unpaired) electrons. The predicted molar refractivity (Wildman–Crippen MR) is 159 cm³/mol. The maximum Gasteiger partial charge on any atom is 0.417 e. The summed E-state index contributed by atoms with van der Waals surface area (Å²) in [6, 6.07) is 19.8. The van der Waals surface area contributed by atoms with Gasteiger partial charge >= 0.3 is 6.09 Å². The minimum atomic E-state index is -0.577. The first-order valence-corrected chi connectivity index (χ1v) is 13.6. The summed E-state index contributed by atoms with van der Waals surface area (Å²) in [6.07, 6.45) is -0.577. The zero-order valence-electron chi connectivity index (χ0n) is 21.8. The smallest absolute Gasteiger partial charge is 0.417 e. The number of nitrogens with one attached hydrogen (secondary N) is 2. The number of hydrogen-bond donors (Lipinski definition) is 3. The van der Waals surface area contributed by atoms with E-state index in [-0.39, 0.29) is 0 Å². The van der Waals surface area contributed by atoms with Gasteiger partial charge in [-0.25, -0.2) is 14.8 Å². The number of aromatic nitrogens is 2. The maximum atomic E-state index is 12.3. The number of nitrogen functional groups attached to an aromatic ring is 1. The first-order chi connectivity index (χ1) is 19.5. The SMILES string of the molecule is COc1cc(Nc2nc(N)c(-c3nc(-c4cccc(NC(=O)Oc5ccccc5)c4)cs3)s2)cc(OC)c1OC. The molecule has 3 aromatic carbocycles. The van der Waals surface area contributed by atoms with E-state index >= 15 is 0 Å². The molecule has 2 aromatic heterocycles. The molecular weight excluding hydrogens is 550 g/mol. The first-order valence-electron chi connectivity index (χ1n) is 11.9. The summed E-state index contributed by atoms with van der Waals surface area (Å²) in [4.78, 5) is 22.3. The van der Waals surface area contributed by atoms with Crippen molar-refractivity contribution >= 4 is 51.1 Å². The number of rotatable bonds is 9. The largest absolute Gasteiger partial charge is 0.493 e. The van der Waals surface area contributed by atoms with Crippen molar-refractivity contribution in [1.29, 1.82) is 0 Å². The Balaban J connectivity index is 1.32. The maximum absolute atomic E-state index is 12.3. The molecule has 0 aliphatic heterocycles. The van der Waals surface area contributed by atoms with Crippen LogP contribution >= 0.6 is 22.7 Å². The molecule has 0 fully saturated rings. The number of para-hydroxylation sites is 1. The Labute approximate surface area is 238 Å². The molecule has 5 rings (SSSR count). The van der Waals surface area contributed by atoms with E-state index in [1.54, 1.807) is 63.8 Å². The molecule has 4 N–H and O–H groups in total. The van der Waals surface area contributed by atoms with Crippen LogP contribution in [0.15, 0.2) is 72.1 Å². The second-order valence-corrected chi connectivity index (χ2v) is 10.1. The van der Waals surface area contributed by atoms with Crippen LogP contribution in [-0.4, -0.2) is 37.4 Å². The number of benzene rings is 3. The highest BCUT2D eigenvalue weighted by molar-refractivity contribution is 7.23. The van der Waals surface area contributed by atoms with Gasteiger partial charge in [0.05, 0.1) is 27.0 Å². The summed E-state index contributed by atoms with van der Waals surface area (Å²) >= 11 is 2.83. The van der Waals surface area contributed by atoms with Crippen LogP contribution in [0.1, 0.15) is 0 Å². The number of thiazole rings is 2. The van der Waals surface area contributed by atoms with Gasteiger partial charge in [0.15, 0.2) is 16.6 Å². The van der Waals surface area contributed by atoms with Crippen molar-refractivity contribution < 1.29 is 23.7 Å². The molecule has 0 bridgehead atoms. The Hall–Kier alpha value is -4.81. The summed E-state index contributed by atoms with van der Waals surface area (Å²) in [6.45, 7) is 0. The normalized spacial score (nSPS) is 10.6. The Morgan fingerprint density at radius 3 is 2.33 bits per heavy atom. The van der Waals surface area contributed by atoms with E-state index in [4.69, 9.17) is 29.7 Å². The number of carbonyl (C=O) groups excluding carboxylic acids is 1. The van der Waals surface area contributed by atoms with E-state index in [1.165, 1.54) is 22.7 Å². The van der Waals surface area contributed by atoms with Crippen molar-refractivity contribution in [2.75, 3.05) is 37.7 Å². The second-order valence-electron chi connectivity index (χ2n) is 8.22. The highest BCUT2D eigenvalue weighted by Crippen LogP contribution is 2.43. The van der Waals surface area contributed by atoms with Gasteiger partial charge < -0.3 is 30.0 Å². The van der Waals surface area contributed by atoms with Gasteiger partial charge in [0.1, 0.15) is 21.5 Å². The van der Waals surface area contributed by atoms with Crippen LogP contribution in [0, 0.1) is 0 Å². The van der Waals surface area contributed by atoms with E-state index < -0.39 is 6.09 Å². The minimum absolute atomic E-state index is 0.361. The standard InChI is InChI=1S/C28H25N5O5S2/c1-35-21-13-18(14-22(36-2)23(21)37-3)30-27-33-25(29)24(40-27)26-32-20(15-39-26)16-8-7-9-17(12-16)31-28(34)38-19-10-5-4-6-11-19/h4-15H,29H2,1-3H3,(H,30,33)(H,31,34). The molecule has 204 valence electrons. The van der Waals surface area contributed by atoms with Crippen LogP contribution < -0.4 is 35.3 Å². The zero-order valence-corrected chi connectivity index (χ0v) is 23.4. The molecule has 0 aliphatic carbocycles. The van der Waals surface area contributed by atoms with E-state index in [0.717, 1.165) is 21.1 Å². The second kappa shape index (κ2) is 11.9. The Morgan fingerprint density at radius 2 is 1.62 bits per heavy atom. The van der Waals surface area contributed by atoms with Crippen LogP contribution in [0.25, 0.3) is 21.1 Å². The van der Waals surface area contributed by atoms with E-state index in [1.807, 2.05) is 29.6 Å². The lowest BCUT2D eigenvalue weighted by Gasteiger charge is -2.14. The van der Waals surface area contributed by atoms with Crippen LogP contribution in [0.4, 0.5) is 27.1 Å². The fraction of sp³-hybridized carbons (Fsp3) is 0.107. The topological polar surface area (TPSA) is 130 Å². The summed E-state index contributed by atoms with van der Waals surface area (Å²) < 4.78 is 21.6. The lowest BCUT2D eigenvalue weighted by Crippen LogP contribution is -2.16. The number of hydrogen-bond acceptors (Lipinski definition) is 11. The third-order valence-electron chi connectivity index (χ3n) is 5.63. The highest BCUT2D eigenvalue weighted by atomic mass is 32.1. The first kappa shape index (κ1) is 26.8. The summed E-state index contributed by atoms with van der Waals surface area (Å²) in [5.74, 6) is 2.35. The lowest BCUT2D eigenvalue weighted by atomic mass is 10.1. The zero-order chi connectivity index (χ0) is 28.1. The lowest BCUT2D eigenvalue weighted by molar-refractivity contribution is 0.215.